The first-order valence-electron chi connectivity index (χ1n) is 6.73. The van der Waals surface area contributed by atoms with Crippen LogP contribution in [0.1, 0.15) is 18.1 Å². The number of fused-ring (bicyclic) bond motifs is 1. The van der Waals surface area contributed by atoms with Gasteiger partial charge in [0.2, 0.25) is 0 Å². The fourth-order valence-corrected chi connectivity index (χ4v) is 2.82. The van der Waals surface area contributed by atoms with Gasteiger partial charge in [0.1, 0.15) is 0 Å². The monoisotopic (exact) mass is 268 g/mol. The Morgan fingerprint density at radius 1 is 1.25 bits per heavy atom. The lowest BCUT2D eigenvalue weighted by Gasteiger charge is -2.25. The van der Waals surface area contributed by atoms with Gasteiger partial charge in [-0.2, -0.15) is 0 Å². The second kappa shape index (κ2) is 4.96. The van der Waals surface area contributed by atoms with Crippen LogP contribution < -0.4 is 4.90 Å². The zero-order valence-corrected chi connectivity index (χ0v) is 11.3. The number of anilines is 1. The average molecular weight is 268 g/mol. The molecule has 1 aliphatic rings. The summed E-state index contributed by atoms with van der Waals surface area (Å²) in [4.78, 5) is 12.8. The number of nitro groups is 1. The molecule has 0 fully saturated rings. The Hall–Kier alpha value is -2.36. The average Bonchev–Trinajstić information content (AvgIpc) is 2.75. The molecule has 0 saturated heterocycles. The first kappa shape index (κ1) is 12.7. The van der Waals surface area contributed by atoms with E-state index in [0.717, 1.165) is 24.2 Å². The van der Waals surface area contributed by atoms with Gasteiger partial charge < -0.3 is 4.90 Å². The molecule has 2 aromatic carbocycles. The van der Waals surface area contributed by atoms with Gasteiger partial charge in [-0.1, -0.05) is 30.3 Å². The molecule has 0 aliphatic carbocycles. The first-order valence-corrected chi connectivity index (χ1v) is 6.73. The minimum absolute atomic E-state index is 0.178. The molecule has 0 saturated carbocycles. The highest BCUT2D eigenvalue weighted by atomic mass is 16.6. The Morgan fingerprint density at radius 2 is 2.00 bits per heavy atom. The van der Waals surface area contributed by atoms with Crippen molar-refractivity contribution in [3.8, 4) is 0 Å². The molecule has 0 bridgehead atoms. The molecule has 2 aromatic rings. The third kappa shape index (κ3) is 2.25. The molecule has 102 valence electrons. The van der Waals surface area contributed by atoms with E-state index in [1.807, 2.05) is 24.3 Å². The lowest BCUT2D eigenvalue weighted by atomic mass is 10.1. The van der Waals surface area contributed by atoms with E-state index in [-0.39, 0.29) is 10.6 Å². The van der Waals surface area contributed by atoms with Gasteiger partial charge in [0.25, 0.3) is 5.69 Å². The summed E-state index contributed by atoms with van der Waals surface area (Å²) in [5, 5.41) is 10.8. The van der Waals surface area contributed by atoms with Crippen molar-refractivity contribution >= 4 is 11.4 Å². The summed E-state index contributed by atoms with van der Waals surface area (Å²) in [5.74, 6) is 0. The van der Waals surface area contributed by atoms with Crippen LogP contribution in [0.3, 0.4) is 0 Å². The molecule has 1 aliphatic heterocycles. The van der Waals surface area contributed by atoms with Gasteiger partial charge in [0.05, 0.1) is 4.92 Å². The Labute approximate surface area is 117 Å². The smallest absolute Gasteiger partial charge is 0.269 e. The van der Waals surface area contributed by atoms with Crippen molar-refractivity contribution in [2.45, 2.75) is 25.9 Å². The summed E-state index contributed by atoms with van der Waals surface area (Å²) in [5.41, 5.74) is 3.62. The minimum Gasteiger partial charge on any atom is -0.364 e. The molecule has 3 rings (SSSR count). The quantitative estimate of drug-likeness (QED) is 0.631. The molecular formula is C16H16N2O2. The summed E-state index contributed by atoms with van der Waals surface area (Å²) in [6, 6.07) is 15.8. The fraction of sp³-hybridized carbons (Fsp3) is 0.250. The molecular weight excluding hydrogens is 252 g/mol. The van der Waals surface area contributed by atoms with Crippen LogP contribution in [0.4, 0.5) is 11.4 Å². The maximum Gasteiger partial charge on any atom is 0.269 e. The topological polar surface area (TPSA) is 46.4 Å². The number of hydrogen-bond acceptors (Lipinski definition) is 3. The molecule has 0 aromatic heterocycles. The standard InChI is InChI=1S/C16H16N2O2/c1-12-9-14-10-15(18(19)20)7-8-16(14)17(12)11-13-5-3-2-4-6-13/h2-8,10,12H,9,11H2,1H3. The number of non-ortho nitro benzene ring substituents is 1. The van der Waals surface area contributed by atoms with Gasteiger partial charge in [-0.25, -0.2) is 0 Å². The van der Waals surface area contributed by atoms with Crippen LogP contribution in [0.15, 0.2) is 48.5 Å². The Kier molecular flexibility index (Phi) is 3.14. The zero-order valence-electron chi connectivity index (χ0n) is 11.3. The van der Waals surface area contributed by atoms with E-state index in [4.69, 9.17) is 0 Å². The van der Waals surface area contributed by atoms with Gasteiger partial charge in [0.15, 0.2) is 0 Å². The van der Waals surface area contributed by atoms with E-state index < -0.39 is 0 Å². The summed E-state index contributed by atoms with van der Waals surface area (Å²) in [6.45, 7) is 3.00. The van der Waals surface area contributed by atoms with E-state index in [1.54, 1.807) is 12.1 Å². The number of nitro benzene ring substituents is 1. The third-order valence-electron chi connectivity index (χ3n) is 3.83. The summed E-state index contributed by atoms with van der Waals surface area (Å²) < 4.78 is 0. The summed E-state index contributed by atoms with van der Waals surface area (Å²) in [7, 11) is 0. The zero-order chi connectivity index (χ0) is 14.1. The van der Waals surface area contributed by atoms with Gasteiger partial charge in [-0.05, 0) is 30.5 Å². The normalized spacial score (nSPS) is 17.1. The van der Waals surface area contributed by atoms with Gasteiger partial charge >= 0.3 is 0 Å². The lowest BCUT2D eigenvalue weighted by Crippen LogP contribution is -2.28. The largest absolute Gasteiger partial charge is 0.364 e. The number of nitrogens with zero attached hydrogens (tertiary/aromatic N) is 2. The van der Waals surface area contributed by atoms with Crippen LogP contribution >= 0.6 is 0 Å². The van der Waals surface area contributed by atoms with E-state index in [9.17, 15) is 10.1 Å². The molecule has 20 heavy (non-hydrogen) atoms. The van der Waals surface area contributed by atoms with Gasteiger partial charge in [-0.15, -0.1) is 0 Å². The van der Waals surface area contributed by atoms with Crippen LogP contribution in [-0.2, 0) is 13.0 Å². The maximum atomic E-state index is 10.8. The summed E-state index contributed by atoms with van der Waals surface area (Å²) >= 11 is 0. The highest BCUT2D eigenvalue weighted by Gasteiger charge is 2.27. The summed E-state index contributed by atoms with van der Waals surface area (Å²) in [6.07, 6.45) is 0.865. The predicted molar refractivity (Wildman–Crippen MR) is 78.9 cm³/mol. The molecule has 0 N–H and O–H groups in total. The van der Waals surface area contributed by atoms with Crippen molar-refractivity contribution in [3.63, 3.8) is 0 Å². The van der Waals surface area contributed by atoms with E-state index in [1.165, 1.54) is 5.56 Å². The number of rotatable bonds is 3. The molecule has 1 unspecified atom stereocenters. The molecule has 0 radical (unpaired) electrons. The lowest BCUT2D eigenvalue weighted by molar-refractivity contribution is -0.384. The third-order valence-corrected chi connectivity index (χ3v) is 3.83. The Morgan fingerprint density at radius 3 is 2.70 bits per heavy atom. The van der Waals surface area contributed by atoms with E-state index in [2.05, 4.69) is 24.0 Å². The first-order chi connectivity index (χ1) is 9.65. The highest BCUT2D eigenvalue weighted by molar-refractivity contribution is 5.62. The van der Waals surface area contributed by atoms with Crippen LogP contribution in [0.2, 0.25) is 0 Å². The van der Waals surface area contributed by atoms with Crippen LogP contribution in [-0.4, -0.2) is 11.0 Å². The predicted octanol–water partition coefficient (Wildman–Crippen LogP) is 3.55. The maximum absolute atomic E-state index is 10.8. The Bertz CT molecular complexity index is 640. The molecule has 4 heteroatoms. The van der Waals surface area contributed by atoms with Crippen molar-refractivity contribution in [3.05, 3.63) is 69.8 Å². The van der Waals surface area contributed by atoms with Crippen molar-refractivity contribution in [2.75, 3.05) is 4.90 Å². The van der Waals surface area contributed by atoms with E-state index >= 15 is 0 Å². The molecule has 0 amide bonds. The van der Waals surface area contributed by atoms with Crippen molar-refractivity contribution in [1.82, 2.24) is 0 Å². The SMILES string of the molecule is CC1Cc2cc([N+](=O)[O-])ccc2N1Cc1ccccc1. The number of hydrogen-bond donors (Lipinski definition) is 0. The second-order valence-corrected chi connectivity index (χ2v) is 5.24. The van der Waals surface area contributed by atoms with Gasteiger partial charge in [0, 0.05) is 30.4 Å². The highest BCUT2D eigenvalue weighted by Crippen LogP contribution is 2.35. The van der Waals surface area contributed by atoms with Crippen LogP contribution in [0.25, 0.3) is 0 Å². The Balaban J connectivity index is 1.90. The fourth-order valence-electron chi connectivity index (χ4n) is 2.82. The van der Waals surface area contributed by atoms with Crippen molar-refractivity contribution < 1.29 is 4.92 Å². The molecule has 1 heterocycles. The molecule has 4 nitrogen and oxygen atoms in total. The molecule has 0 spiro atoms. The number of benzene rings is 2. The van der Waals surface area contributed by atoms with Gasteiger partial charge in [-0.3, -0.25) is 10.1 Å². The van der Waals surface area contributed by atoms with Crippen molar-refractivity contribution in [2.24, 2.45) is 0 Å². The van der Waals surface area contributed by atoms with Crippen molar-refractivity contribution in [1.29, 1.82) is 0 Å². The second-order valence-electron chi connectivity index (χ2n) is 5.24. The minimum atomic E-state index is -0.329. The van der Waals surface area contributed by atoms with Crippen LogP contribution in [0.5, 0.6) is 0 Å². The molecule has 1 atom stereocenters. The van der Waals surface area contributed by atoms with E-state index in [0.29, 0.717) is 6.04 Å². The van der Waals surface area contributed by atoms with Crippen LogP contribution in [0, 0.1) is 10.1 Å².